The van der Waals surface area contributed by atoms with E-state index in [9.17, 15) is 5.11 Å². The monoisotopic (exact) mass is 303 g/mol. The van der Waals surface area contributed by atoms with Crippen LogP contribution in [0.5, 0.6) is 0 Å². The lowest BCUT2D eigenvalue weighted by molar-refractivity contribution is 0.0192. The van der Waals surface area contributed by atoms with Crippen molar-refractivity contribution in [2.75, 3.05) is 39.5 Å². The molecule has 0 radical (unpaired) electrons. The Hall–Kier alpha value is -0.160. The minimum Gasteiger partial charge on any atom is -0.389 e. The zero-order valence-corrected chi connectivity index (χ0v) is 14.4. The predicted octanol–water partition coefficient (Wildman–Crippen LogP) is 2.99. The number of nitrogens with one attached hydrogen (secondary N) is 1. The summed E-state index contributed by atoms with van der Waals surface area (Å²) in [5, 5.41) is 13.1. The third-order valence-corrected chi connectivity index (χ3v) is 3.58. The Balaban J connectivity index is 3.38. The fourth-order valence-electron chi connectivity index (χ4n) is 2.14. The van der Waals surface area contributed by atoms with Crippen LogP contribution in [0, 0.1) is 5.92 Å². The molecule has 4 nitrogen and oxygen atoms in total. The lowest BCUT2D eigenvalue weighted by Gasteiger charge is -2.17. The Bertz CT molecular complexity index is 202. The molecule has 0 aliphatic carbocycles. The van der Waals surface area contributed by atoms with Crippen LogP contribution in [0.3, 0.4) is 0 Å². The van der Waals surface area contributed by atoms with Gasteiger partial charge in [0.15, 0.2) is 0 Å². The third kappa shape index (κ3) is 14.5. The highest BCUT2D eigenvalue weighted by Crippen LogP contribution is 2.12. The van der Waals surface area contributed by atoms with Gasteiger partial charge < -0.3 is 19.9 Å². The van der Waals surface area contributed by atoms with Crippen LogP contribution in [0.25, 0.3) is 0 Å². The molecule has 0 amide bonds. The molecule has 0 aromatic rings. The molecule has 0 rings (SSSR count). The molecule has 21 heavy (non-hydrogen) atoms. The fourth-order valence-corrected chi connectivity index (χ4v) is 2.14. The van der Waals surface area contributed by atoms with Crippen LogP contribution >= 0.6 is 0 Å². The van der Waals surface area contributed by atoms with E-state index in [1.54, 1.807) is 0 Å². The maximum Gasteiger partial charge on any atom is 0.0897 e. The number of unbranched alkanes of at least 4 members (excludes halogenated alkanes) is 1. The van der Waals surface area contributed by atoms with Crippen molar-refractivity contribution in [3.8, 4) is 0 Å². The molecule has 2 atom stereocenters. The van der Waals surface area contributed by atoms with E-state index in [1.165, 1.54) is 19.3 Å². The second-order valence-corrected chi connectivity index (χ2v) is 5.78. The smallest absolute Gasteiger partial charge is 0.0897 e. The van der Waals surface area contributed by atoms with Crippen molar-refractivity contribution in [2.45, 2.75) is 65.4 Å². The van der Waals surface area contributed by atoms with Gasteiger partial charge in [-0.25, -0.2) is 0 Å². The standard InChI is InChI=1S/C17H37NO3/c1-4-7-9-16(6-3)14-21-15-17(19)13-18-10-8-12-20-11-5-2/h16-19H,4-15H2,1-3H3. The lowest BCUT2D eigenvalue weighted by Crippen LogP contribution is -2.32. The molecule has 0 saturated heterocycles. The van der Waals surface area contributed by atoms with Gasteiger partial charge in [-0.05, 0) is 31.7 Å². The summed E-state index contributed by atoms with van der Waals surface area (Å²) in [6, 6.07) is 0. The number of hydrogen-bond donors (Lipinski definition) is 2. The topological polar surface area (TPSA) is 50.7 Å². The lowest BCUT2D eigenvalue weighted by atomic mass is 10.0. The van der Waals surface area contributed by atoms with Crippen molar-refractivity contribution >= 4 is 0 Å². The first kappa shape index (κ1) is 20.8. The molecule has 0 heterocycles. The Labute approximate surface area is 131 Å². The first-order chi connectivity index (χ1) is 10.2. The largest absolute Gasteiger partial charge is 0.389 e. The molecular weight excluding hydrogens is 266 g/mol. The first-order valence-electron chi connectivity index (χ1n) is 8.78. The third-order valence-electron chi connectivity index (χ3n) is 3.58. The zero-order valence-electron chi connectivity index (χ0n) is 14.4. The molecule has 2 unspecified atom stereocenters. The maximum atomic E-state index is 9.83. The average Bonchev–Trinajstić information content (AvgIpc) is 2.49. The molecule has 0 aliphatic rings. The maximum absolute atomic E-state index is 9.83. The normalized spacial score (nSPS) is 14.3. The van der Waals surface area contributed by atoms with E-state index in [2.05, 4.69) is 26.1 Å². The highest BCUT2D eigenvalue weighted by molar-refractivity contribution is 4.60. The average molecular weight is 303 g/mol. The van der Waals surface area contributed by atoms with Crippen LogP contribution in [-0.2, 0) is 9.47 Å². The molecule has 4 heteroatoms. The minimum absolute atomic E-state index is 0.412. The second kappa shape index (κ2) is 16.2. The number of aliphatic hydroxyl groups is 1. The van der Waals surface area contributed by atoms with Crippen LogP contribution in [0.2, 0.25) is 0 Å². The van der Waals surface area contributed by atoms with E-state index in [1.807, 2.05) is 0 Å². The van der Waals surface area contributed by atoms with Gasteiger partial charge >= 0.3 is 0 Å². The molecule has 0 bridgehead atoms. The number of hydrogen-bond acceptors (Lipinski definition) is 4. The molecule has 0 spiro atoms. The summed E-state index contributed by atoms with van der Waals surface area (Å²) in [7, 11) is 0. The van der Waals surface area contributed by atoms with Gasteiger partial charge in [0.2, 0.25) is 0 Å². The minimum atomic E-state index is -0.412. The van der Waals surface area contributed by atoms with Crippen LogP contribution in [0.1, 0.15) is 59.3 Å². The number of aliphatic hydroxyl groups excluding tert-OH is 1. The summed E-state index contributed by atoms with van der Waals surface area (Å²) in [6.45, 7) is 10.9. The van der Waals surface area contributed by atoms with Crippen molar-refractivity contribution in [1.82, 2.24) is 5.32 Å². The summed E-state index contributed by atoms with van der Waals surface area (Å²) in [6.07, 6.45) is 6.55. The van der Waals surface area contributed by atoms with E-state index in [4.69, 9.17) is 9.47 Å². The van der Waals surface area contributed by atoms with E-state index in [0.717, 1.165) is 45.6 Å². The Morgan fingerprint density at radius 2 is 1.76 bits per heavy atom. The summed E-state index contributed by atoms with van der Waals surface area (Å²) in [5.74, 6) is 0.640. The van der Waals surface area contributed by atoms with Crippen molar-refractivity contribution < 1.29 is 14.6 Å². The zero-order chi connectivity index (χ0) is 15.8. The van der Waals surface area contributed by atoms with Gasteiger partial charge in [0.1, 0.15) is 0 Å². The molecule has 2 N–H and O–H groups in total. The molecule has 0 aromatic carbocycles. The Morgan fingerprint density at radius 3 is 2.43 bits per heavy atom. The van der Waals surface area contributed by atoms with Gasteiger partial charge in [0.05, 0.1) is 12.7 Å². The fraction of sp³-hybridized carbons (Fsp3) is 1.00. The van der Waals surface area contributed by atoms with Gasteiger partial charge in [0, 0.05) is 26.4 Å². The van der Waals surface area contributed by atoms with Crippen LogP contribution in [0.4, 0.5) is 0 Å². The van der Waals surface area contributed by atoms with E-state index >= 15 is 0 Å². The summed E-state index contributed by atoms with van der Waals surface area (Å²) in [4.78, 5) is 0. The van der Waals surface area contributed by atoms with Crippen molar-refractivity contribution in [2.24, 2.45) is 5.92 Å². The van der Waals surface area contributed by atoms with Crippen LogP contribution in [-0.4, -0.2) is 50.7 Å². The van der Waals surface area contributed by atoms with Crippen molar-refractivity contribution in [1.29, 1.82) is 0 Å². The second-order valence-electron chi connectivity index (χ2n) is 5.78. The van der Waals surface area contributed by atoms with Crippen molar-refractivity contribution in [3.05, 3.63) is 0 Å². The SMILES string of the molecule is CCCCC(CC)COCC(O)CNCCCOCCC. The first-order valence-corrected chi connectivity index (χ1v) is 8.78. The van der Waals surface area contributed by atoms with Gasteiger partial charge in [0.25, 0.3) is 0 Å². The van der Waals surface area contributed by atoms with E-state index in [0.29, 0.717) is 19.1 Å². The molecule has 0 fully saturated rings. The predicted molar refractivity (Wildman–Crippen MR) is 88.7 cm³/mol. The molecule has 128 valence electrons. The highest BCUT2D eigenvalue weighted by atomic mass is 16.5. The van der Waals surface area contributed by atoms with Gasteiger partial charge in [-0.1, -0.05) is 40.0 Å². The summed E-state index contributed by atoms with van der Waals surface area (Å²) < 4.78 is 11.0. The van der Waals surface area contributed by atoms with Crippen LogP contribution in [0.15, 0.2) is 0 Å². The highest BCUT2D eigenvalue weighted by Gasteiger charge is 2.08. The summed E-state index contributed by atoms with van der Waals surface area (Å²) >= 11 is 0. The summed E-state index contributed by atoms with van der Waals surface area (Å²) in [5.41, 5.74) is 0. The van der Waals surface area contributed by atoms with Gasteiger partial charge in [-0.2, -0.15) is 0 Å². The van der Waals surface area contributed by atoms with Crippen LogP contribution < -0.4 is 5.32 Å². The number of rotatable bonds is 16. The molecule has 0 aliphatic heterocycles. The molecule has 0 aromatic heterocycles. The van der Waals surface area contributed by atoms with Crippen molar-refractivity contribution in [3.63, 3.8) is 0 Å². The van der Waals surface area contributed by atoms with E-state index < -0.39 is 6.10 Å². The Morgan fingerprint density at radius 1 is 0.952 bits per heavy atom. The molecule has 0 saturated carbocycles. The Kier molecular flexibility index (Phi) is 16.1. The van der Waals surface area contributed by atoms with Gasteiger partial charge in [-0.15, -0.1) is 0 Å². The molecular formula is C17H37NO3. The van der Waals surface area contributed by atoms with E-state index in [-0.39, 0.29) is 0 Å². The quantitative estimate of drug-likeness (QED) is 0.430. The van der Waals surface area contributed by atoms with Gasteiger partial charge in [-0.3, -0.25) is 0 Å². The number of ether oxygens (including phenoxy) is 2.